The first-order valence-electron chi connectivity index (χ1n) is 7.59. The van der Waals surface area contributed by atoms with Crippen LogP contribution in [0.15, 0.2) is 72.8 Å². The lowest BCUT2D eigenvalue weighted by Gasteiger charge is -2.13. The van der Waals surface area contributed by atoms with Gasteiger partial charge in [-0.05, 0) is 36.2 Å². The van der Waals surface area contributed by atoms with E-state index in [9.17, 15) is 4.79 Å². The fourth-order valence-corrected chi connectivity index (χ4v) is 2.52. The van der Waals surface area contributed by atoms with Gasteiger partial charge in [0.05, 0.1) is 0 Å². The van der Waals surface area contributed by atoms with Crippen LogP contribution in [0.3, 0.4) is 0 Å². The monoisotopic (exact) mass is 302 g/mol. The first kappa shape index (κ1) is 15.0. The molecule has 3 rings (SSSR count). The quantitative estimate of drug-likeness (QED) is 0.616. The van der Waals surface area contributed by atoms with Crippen LogP contribution in [-0.2, 0) is 6.61 Å². The third-order valence-corrected chi connectivity index (χ3v) is 3.71. The van der Waals surface area contributed by atoms with Crippen molar-refractivity contribution in [2.24, 2.45) is 0 Å². The Morgan fingerprint density at radius 1 is 0.913 bits per heavy atom. The van der Waals surface area contributed by atoms with Crippen LogP contribution in [0.2, 0.25) is 0 Å². The molecule has 0 saturated carbocycles. The molecule has 23 heavy (non-hydrogen) atoms. The van der Waals surface area contributed by atoms with Gasteiger partial charge in [0, 0.05) is 11.1 Å². The second-order valence-corrected chi connectivity index (χ2v) is 5.52. The zero-order chi connectivity index (χ0) is 16.1. The summed E-state index contributed by atoms with van der Waals surface area (Å²) < 4.78 is 6.00. The van der Waals surface area contributed by atoms with E-state index < -0.39 is 0 Å². The van der Waals surface area contributed by atoms with Gasteiger partial charge in [-0.2, -0.15) is 0 Å². The van der Waals surface area contributed by atoms with E-state index in [1.807, 2.05) is 54.6 Å². The van der Waals surface area contributed by atoms with Crippen molar-refractivity contribution in [3.8, 4) is 16.9 Å². The summed E-state index contributed by atoms with van der Waals surface area (Å²) in [5, 5.41) is 0. The van der Waals surface area contributed by atoms with Crippen molar-refractivity contribution in [1.82, 2.24) is 0 Å². The Balaban J connectivity index is 1.94. The van der Waals surface area contributed by atoms with Crippen LogP contribution in [0.25, 0.3) is 11.1 Å². The minimum absolute atomic E-state index is 0.500. The van der Waals surface area contributed by atoms with Crippen LogP contribution in [0.4, 0.5) is 0 Å². The van der Waals surface area contributed by atoms with Gasteiger partial charge in [-0.1, -0.05) is 60.2 Å². The van der Waals surface area contributed by atoms with E-state index in [4.69, 9.17) is 4.74 Å². The summed E-state index contributed by atoms with van der Waals surface area (Å²) in [4.78, 5) is 11.1. The summed E-state index contributed by atoms with van der Waals surface area (Å²) in [5.74, 6) is 0.782. The molecule has 0 heterocycles. The van der Waals surface area contributed by atoms with E-state index in [0.717, 1.165) is 28.7 Å². The molecule has 0 N–H and O–H groups in total. The number of carbonyl (C=O) groups is 1. The molecule has 0 spiro atoms. The number of ether oxygens (including phenoxy) is 1. The molecule has 2 nitrogen and oxygen atoms in total. The number of hydrogen-bond acceptors (Lipinski definition) is 2. The van der Waals surface area contributed by atoms with Crippen molar-refractivity contribution < 1.29 is 9.53 Å². The first-order chi connectivity index (χ1) is 11.3. The topological polar surface area (TPSA) is 26.3 Å². The molecule has 0 aliphatic heterocycles. The first-order valence-corrected chi connectivity index (χ1v) is 7.59. The number of rotatable bonds is 5. The second-order valence-electron chi connectivity index (χ2n) is 5.52. The molecular formula is C21H18O2. The number of aldehydes is 1. The number of hydrogen-bond donors (Lipinski definition) is 0. The molecule has 2 heteroatoms. The van der Waals surface area contributed by atoms with Gasteiger partial charge in [0.15, 0.2) is 0 Å². The molecule has 0 bridgehead atoms. The van der Waals surface area contributed by atoms with Crippen molar-refractivity contribution in [3.63, 3.8) is 0 Å². The van der Waals surface area contributed by atoms with Crippen molar-refractivity contribution in [2.45, 2.75) is 13.5 Å². The largest absolute Gasteiger partial charge is 0.488 e. The van der Waals surface area contributed by atoms with Gasteiger partial charge < -0.3 is 4.74 Å². The van der Waals surface area contributed by atoms with Gasteiger partial charge in [-0.15, -0.1) is 0 Å². The van der Waals surface area contributed by atoms with E-state index in [-0.39, 0.29) is 0 Å². The average molecular weight is 302 g/mol. The van der Waals surface area contributed by atoms with Crippen LogP contribution >= 0.6 is 0 Å². The van der Waals surface area contributed by atoms with Gasteiger partial charge in [-0.25, -0.2) is 0 Å². The third kappa shape index (κ3) is 3.67. The summed E-state index contributed by atoms with van der Waals surface area (Å²) in [6, 6.07) is 23.8. The highest BCUT2D eigenvalue weighted by Gasteiger charge is 2.08. The Morgan fingerprint density at radius 2 is 1.74 bits per heavy atom. The summed E-state index contributed by atoms with van der Waals surface area (Å²) in [5.41, 5.74) is 4.93. The maximum Gasteiger partial charge on any atom is 0.150 e. The maximum atomic E-state index is 11.1. The van der Waals surface area contributed by atoms with Crippen LogP contribution in [0, 0.1) is 6.92 Å². The van der Waals surface area contributed by atoms with Crippen molar-refractivity contribution >= 4 is 6.29 Å². The van der Waals surface area contributed by atoms with Gasteiger partial charge >= 0.3 is 0 Å². The molecular weight excluding hydrogens is 284 g/mol. The predicted molar refractivity (Wildman–Crippen MR) is 92.8 cm³/mol. The Hall–Kier alpha value is -2.87. The van der Waals surface area contributed by atoms with Crippen molar-refractivity contribution in [1.29, 1.82) is 0 Å². The lowest BCUT2D eigenvalue weighted by atomic mass is 10.0. The Morgan fingerprint density at radius 3 is 2.48 bits per heavy atom. The smallest absolute Gasteiger partial charge is 0.150 e. The van der Waals surface area contributed by atoms with Crippen LogP contribution in [0.5, 0.6) is 5.75 Å². The average Bonchev–Trinajstić information content (AvgIpc) is 2.61. The molecule has 0 unspecified atom stereocenters. The Bertz CT molecular complexity index is 807. The lowest BCUT2D eigenvalue weighted by Crippen LogP contribution is -1.97. The highest BCUT2D eigenvalue weighted by Crippen LogP contribution is 2.32. The highest BCUT2D eigenvalue weighted by molar-refractivity contribution is 5.81. The summed E-state index contributed by atoms with van der Waals surface area (Å²) in [6.45, 7) is 2.55. The lowest BCUT2D eigenvalue weighted by molar-refractivity contribution is 0.112. The van der Waals surface area contributed by atoms with E-state index >= 15 is 0 Å². The molecule has 0 fully saturated rings. The molecule has 3 aromatic rings. The third-order valence-electron chi connectivity index (χ3n) is 3.71. The summed E-state index contributed by atoms with van der Waals surface area (Å²) in [7, 11) is 0. The second kappa shape index (κ2) is 6.93. The van der Waals surface area contributed by atoms with Gasteiger partial charge in [-0.3, -0.25) is 4.79 Å². The molecule has 0 radical (unpaired) electrons. The Kier molecular flexibility index (Phi) is 4.53. The van der Waals surface area contributed by atoms with Gasteiger partial charge in [0.25, 0.3) is 0 Å². The van der Waals surface area contributed by atoms with E-state index in [0.29, 0.717) is 12.2 Å². The molecule has 0 amide bonds. The van der Waals surface area contributed by atoms with Crippen molar-refractivity contribution in [3.05, 3.63) is 89.5 Å². The molecule has 114 valence electrons. The minimum atomic E-state index is 0.500. The van der Waals surface area contributed by atoms with E-state index in [1.165, 1.54) is 5.56 Å². The molecule has 0 saturated heterocycles. The van der Waals surface area contributed by atoms with Gasteiger partial charge in [0.1, 0.15) is 18.6 Å². The highest BCUT2D eigenvalue weighted by atomic mass is 16.5. The molecule has 0 aliphatic rings. The SMILES string of the molecule is Cc1cccc(-c2cc(C=O)ccc2OCc2ccccc2)c1. The number of aryl methyl sites for hydroxylation is 1. The van der Waals surface area contributed by atoms with E-state index in [1.54, 1.807) is 6.07 Å². The normalized spacial score (nSPS) is 10.3. The molecule has 0 aromatic heterocycles. The zero-order valence-corrected chi connectivity index (χ0v) is 13.0. The predicted octanol–water partition coefficient (Wildman–Crippen LogP) is 5.05. The minimum Gasteiger partial charge on any atom is -0.488 e. The fourth-order valence-electron chi connectivity index (χ4n) is 2.52. The molecule has 0 aliphatic carbocycles. The Labute approximate surface area is 136 Å². The van der Waals surface area contributed by atoms with Crippen LogP contribution in [0.1, 0.15) is 21.5 Å². The number of benzene rings is 3. The van der Waals surface area contributed by atoms with Crippen LogP contribution < -0.4 is 4.74 Å². The number of carbonyl (C=O) groups excluding carboxylic acids is 1. The molecule has 3 aromatic carbocycles. The maximum absolute atomic E-state index is 11.1. The molecule has 0 atom stereocenters. The fraction of sp³-hybridized carbons (Fsp3) is 0.0952. The summed E-state index contributed by atoms with van der Waals surface area (Å²) >= 11 is 0. The zero-order valence-electron chi connectivity index (χ0n) is 13.0. The standard InChI is InChI=1S/C21H18O2/c1-16-6-5-9-19(12-16)20-13-18(14-22)10-11-21(20)23-15-17-7-3-2-4-8-17/h2-14H,15H2,1H3. The van der Waals surface area contributed by atoms with E-state index in [2.05, 4.69) is 19.1 Å². The summed E-state index contributed by atoms with van der Waals surface area (Å²) in [6.07, 6.45) is 0.861. The van der Waals surface area contributed by atoms with Crippen molar-refractivity contribution in [2.75, 3.05) is 0 Å². The van der Waals surface area contributed by atoms with Gasteiger partial charge in [0.2, 0.25) is 0 Å². The van der Waals surface area contributed by atoms with Crippen LogP contribution in [-0.4, -0.2) is 6.29 Å².